The third kappa shape index (κ3) is 5.91. The number of hydrogen-bond donors (Lipinski definition) is 1. The summed E-state index contributed by atoms with van der Waals surface area (Å²) < 4.78 is 16.7. The molecule has 1 aromatic rings. The minimum Gasteiger partial charge on any atom is -0.481 e. The summed E-state index contributed by atoms with van der Waals surface area (Å²) in [5, 5.41) is 8.60. The van der Waals surface area contributed by atoms with Crippen LogP contribution in [0.5, 0.6) is 0 Å². The number of carboxylic acid groups (broad SMARTS) is 1. The third-order valence-electron chi connectivity index (χ3n) is 3.38. The molecule has 5 nitrogen and oxygen atoms in total. The Hall–Kier alpha value is -1.95. The van der Waals surface area contributed by atoms with Crippen molar-refractivity contribution in [2.24, 2.45) is 5.92 Å². The van der Waals surface area contributed by atoms with Crippen LogP contribution in [0.4, 0.5) is 4.39 Å². The number of nitrogens with zero attached hydrogens (tertiary/aromatic N) is 1. The number of aliphatic carboxylic acids is 1. The predicted octanol–water partition coefficient (Wildman–Crippen LogP) is 1.72. The first-order chi connectivity index (χ1) is 10.1. The average molecular weight is 297 g/mol. The summed E-state index contributed by atoms with van der Waals surface area (Å²) in [5.41, 5.74) is 1.01. The SMILES string of the molecule is CN1CC(C(=O)O)CC1CF.O=COCc1ccccc1. The molecular weight excluding hydrogens is 277 g/mol. The molecule has 1 heterocycles. The van der Waals surface area contributed by atoms with Gasteiger partial charge in [-0.25, -0.2) is 4.39 Å². The number of alkyl halides is 1. The Kier molecular flexibility index (Phi) is 7.39. The molecule has 0 bridgehead atoms. The maximum Gasteiger partial charge on any atom is 0.307 e. The number of benzene rings is 1. The van der Waals surface area contributed by atoms with Crippen LogP contribution in [0.3, 0.4) is 0 Å². The lowest BCUT2D eigenvalue weighted by Crippen LogP contribution is -2.26. The number of ether oxygens (including phenoxy) is 1. The molecule has 2 rings (SSSR count). The van der Waals surface area contributed by atoms with Crippen LogP contribution >= 0.6 is 0 Å². The van der Waals surface area contributed by atoms with Gasteiger partial charge in [0, 0.05) is 12.6 Å². The number of carbonyl (C=O) groups is 2. The zero-order valence-corrected chi connectivity index (χ0v) is 11.9. The normalized spacial score (nSPS) is 21.2. The Morgan fingerprint density at radius 3 is 2.57 bits per heavy atom. The standard InChI is InChI=1S/C8H8O2.C7H12FNO2/c9-7-10-6-8-4-2-1-3-5-8;1-9-4-5(7(10)11)2-6(9)3-8/h1-5,7H,6H2;5-6H,2-4H2,1H3,(H,10,11). The second-order valence-electron chi connectivity index (χ2n) is 4.91. The van der Waals surface area contributed by atoms with Crippen molar-refractivity contribution in [3.8, 4) is 0 Å². The van der Waals surface area contributed by atoms with E-state index in [-0.39, 0.29) is 12.0 Å². The number of halogens is 1. The summed E-state index contributed by atoms with van der Waals surface area (Å²) in [6.07, 6.45) is 0.447. The molecule has 0 aromatic heterocycles. The second kappa shape index (κ2) is 9.07. The van der Waals surface area contributed by atoms with Crippen molar-refractivity contribution in [3.63, 3.8) is 0 Å². The molecule has 1 aliphatic rings. The van der Waals surface area contributed by atoms with E-state index in [1.807, 2.05) is 30.3 Å². The van der Waals surface area contributed by atoms with E-state index in [0.29, 0.717) is 26.0 Å². The van der Waals surface area contributed by atoms with Gasteiger partial charge in [-0.3, -0.25) is 14.5 Å². The fourth-order valence-electron chi connectivity index (χ4n) is 2.14. The zero-order chi connectivity index (χ0) is 15.7. The Bertz CT molecular complexity index is 441. The molecule has 6 heteroatoms. The van der Waals surface area contributed by atoms with E-state index in [1.165, 1.54) is 0 Å². The summed E-state index contributed by atoms with van der Waals surface area (Å²) in [5.74, 6) is -1.19. The average Bonchev–Trinajstić information content (AvgIpc) is 2.88. The smallest absolute Gasteiger partial charge is 0.307 e. The maximum atomic E-state index is 12.2. The van der Waals surface area contributed by atoms with Gasteiger partial charge in [-0.2, -0.15) is 0 Å². The van der Waals surface area contributed by atoms with Crippen LogP contribution in [0.15, 0.2) is 30.3 Å². The molecule has 1 aromatic carbocycles. The Morgan fingerprint density at radius 2 is 2.14 bits per heavy atom. The Morgan fingerprint density at radius 1 is 1.48 bits per heavy atom. The quantitative estimate of drug-likeness (QED) is 0.838. The highest BCUT2D eigenvalue weighted by atomic mass is 19.1. The molecule has 1 saturated heterocycles. The maximum absolute atomic E-state index is 12.2. The molecule has 2 atom stereocenters. The van der Waals surface area contributed by atoms with Crippen molar-refractivity contribution in [1.29, 1.82) is 0 Å². The first kappa shape index (κ1) is 17.1. The van der Waals surface area contributed by atoms with Crippen molar-refractivity contribution in [3.05, 3.63) is 35.9 Å². The van der Waals surface area contributed by atoms with E-state index in [2.05, 4.69) is 4.74 Å². The van der Waals surface area contributed by atoms with Crippen LogP contribution in [-0.4, -0.2) is 48.8 Å². The summed E-state index contributed by atoms with van der Waals surface area (Å²) in [6, 6.07) is 9.36. The number of carboxylic acids is 1. The number of carbonyl (C=O) groups excluding carboxylic acids is 1. The third-order valence-corrected chi connectivity index (χ3v) is 3.38. The summed E-state index contributed by atoms with van der Waals surface area (Å²) in [4.78, 5) is 22.0. The van der Waals surface area contributed by atoms with E-state index >= 15 is 0 Å². The van der Waals surface area contributed by atoms with Crippen molar-refractivity contribution in [2.75, 3.05) is 20.3 Å². The van der Waals surface area contributed by atoms with Crippen molar-refractivity contribution >= 4 is 12.4 Å². The van der Waals surface area contributed by atoms with Crippen molar-refractivity contribution in [1.82, 2.24) is 4.90 Å². The van der Waals surface area contributed by atoms with Crippen LogP contribution in [0.1, 0.15) is 12.0 Å². The molecule has 0 spiro atoms. The highest BCUT2D eigenvalue weighted by Crippen LogP contribution is 2.21. The number of likely N-dealkylation sites (tertiary alicyclic amines) is 1. The Balaban J connectivity index is 0.000000211. The van der Waals surface area contributed by atoms with Gasteiger partial charge in [0.1, 0.15) is 13.3 Å². The molecule has 2 unspecified atom stereocenters. The lowest BCUT2D eigenvalue weighted by atomic mass is 10.1. The van der Waals surface area contributed by atoms with Gasteiger partial charge in [0.25, 0.3) is 6.47 Å². The fourth-order valence-corrected chi connectivity index (χ4v) is 2.14. The predicted molar refractivity (Wildman–Crippen MR) is 75.4 cm³/mol. The minimum atomic E-state index is -0.812. The number of hydrogen-bond acceptors (Lipinski definition) is 4. The first-order valence-corrected chi connectivity index (χ1v) is 6.66. The Labute approximate surface area is 123 Å². The largest absolute Gasteiger partial charge is 0.481 e. The zero-order valence-electron chi connectivity index (χ0n) is 11.9. The molecule has 1 fully saturated rings. The van der Waals surface area contributed by atoms with Crippen LogP contribution in [0.25, 0.3) is 0 Å². The summed E-state index contributed by atoms with van der Waals surface area (Å²) >= 11 is 0. The van der Waals surface area contributed by atoms with Gasteiger partial charge in [-0.1, -0.05) is 30.3 Å². The molecule has 0 amide bonds. The van der Waals surface area contributed by atoms with E-state index in [9.17, 15) is 14.0 Å². The lowest BCUT2D eigenvalue weighted by molar-refractivity contribution is -0.141. The molecule has 116 valence electrons. The summed E-state index contributed by atoms with van der Waals surface area (Å²) in [6.45, 7) is 0.849. The summed E-state index contributed by atoms with van der Waals surface area (Å²) in [7, 11) is 1.76. The second-order valence-corrected chi connectivity index (χ2v) is 4.91. The molecule has 21 heavy (non-hydrogen) atoms. The van der Waals surface area contributed by atoms with Crippen LogP contribution in [0.2, 0.25) is 0 Å². The number of rotatable bonds is 5. The van der Waals surface area contributed by atoms with E-state index < -0.39 is 12.6 Å². The highest BCUT2D eigenvalue weighted by molar-refractivity contribution is 5.70. The van der Waals surface area contributed by atoms with Gasteiger partial charge in [0.2, 0.25) is 0 Å². The monoisotopic (exact) mass is 297 g/mol. The molecular formula is C15H20FNO4. The lowest BCUT2D eigenvalue weighted by Gasteiger charge is -2.13. The minimum absolute atomic E-state index is 0.184. The molecule has 1 aliphatic heterocycles. The van der Waals surface area contributed by atoms with Gasteiger partial charge in [-0.05, 0) is 19.0 Å². The van der Waals surface area contributed by atoms with Crippen LogP contribution < -0.4 is 0 Å². The van der Waals surface area contributed by atoms with Crippen LogP contribution in [0, 0.1) is 5.92 Å². The van der Waals surface area contributed by atoms with Gasteiger partial charge in [0.05, 0.1) is 5.92 Å². The molecule has 0 aliphatic carbocycles. The highest BCUT2D eigenvalue weighted by Gasteiger charge is 2.33. The van der Waals surface area contributed by atoms with Crippen molar-refractivity contribution in [2.45, 2.75) is 19.1 Å². The van der Waals surface area contributed by atoms with Gasteiger partial charge in [0.15, 0.2) is 0 Å². The molecule has 0 saturated carbocycles. The van der Waals surface area contributed by atoms with Gasteiger partial charge >= 0.3 is 5.97 Å². The van der Waals surface area contributed by atoms with Crippen molar-refractivity contribution < 1.29 is 23.8 Å². The van der Waals surface area contributed by atoms with Gasteiger partial charge < -0.3 is 9.84 Å². The van der Waals surface area contributed by atoms with E-state index in [0.717, 1.165) is 5.56 Å². The van der Waals surface area contributed by atoms with Crippen LogP contribution in [-0.2, 0) is 20.9 Å². The molecule has 1 N–H and O–H groups in total. The van der Waals surface area contributed by atoms with Gasteiger partial charge in [-0.15, -0.1) is 0 Å². The fraction of sp³-hybridized carbons (Fsp3) is 0.467. The van der Waals surface area contributed by atoms with E-state index in [4.69, 9.17) is 5.11 Å². The molecule has 0 radical (unpaired) electrons. The van der Waals surface area contributed by atoms with E-state index in [1.54, 1.807) is 11.9 Å². The topological polar surface area (TPSA) is 66.8 Å². The first-order valence-electron chi connectivity index (χ1n) is 6.66.